The molecular formula is C13H15FN6O. The largest absolute Gasteiger partial charge is 0.326 e. The predicted molar refractivity (Wildman–Crippen MR) is 73.5 cm³/mol. The van der Waals surface area contributed by atoms with Crippen molar-refractivity contribution in [1.29, 1.82) is 0 Å². The molecule has 0 bridgehead atoms. The van der Waals surface area contributed by atoms with E-state index in [4.69, 9.17) is 0 Å². The highest BCUT2D eigenvalue weighted by Gasteiger charge is 2.22. The third-order valence-corrected chi connectivity index (χ3v) is 3.50. The van der Waals surface area contributed by atoms with E-state index < -0.39 is 5.82 Å². The van der Waals surface area contributed by atoms with Gasteiger partial charge in [-0.25, -0.2) is 4.39 Å². The topological polar surface area (TPSA) is 84.7 Å². The first-order valence-electron chi connectivity index (χ1n) is 6.71. The lowest BCUT2D eigenvalue weighted by Crippen LogP contribution is -2.24. The minimum absolute atomic E-state index is 0.0479. The molecule has 1 fully saturated rings. The fraction of sp³-hybridized carbons (Fsp3) is 0.385. The first kappa shape index (κ1) is 13.6. The number of hydrogen-bond donors (Lipinski definition) is 2. The van der Waals surface area contributed by atoms with Crippen molar-refractivity contribution in [1.82, 2.24) is 25.5 Å². The van der Waals surface area contributed by atoms with Gasteiger partial charge in [0.25, 0.3) is 0 Å². The Balaban J connectivity index is 1.84. The van der Waals surface area contributed by atoms with E-state index in [0.29, 0.717) is 18.1 Å². The number of nitrogens with one attached hydrogen (secondary N) is 2. The predicted octanol–water partition coefficient (Wildman–Crippen LogP) is 0.658. The number of benzene rings is 1. The van der Waals surface area contributed by atoms with E-state index in [1.807, 2.05) is 0 Å². The van der Waals surface area contributed by atoms with Crippen LogP contribution in [0.3, 0.4) is 0 Å². The summed E-state index contributed by atoms with van der Waals surface area (Å²) in [5.74, 6) is -0.0948. The molecule has 110 valence electrons. The highest BCUT2D eigenvalue weighted by molar-refractivity contribution is 5.93. The summed E-state index contributed by atoms with van der Waals surface area (Å²) in [4.78, 5) is 12.1. The number of nitrogens with zero attached hydrogens (tertiary/aromatic N) is 4. The second-order valence-corrected chi connectivity index (χ2v) is 4.98. The van der Waals surface area contributed by atoms with Crippen LogP contribution in [0, 0.1) is 18.7 Å². The van der Waals surface area contributed by atoms with Crippen LogP contribution in [0.2, 0.25) is 0 Å². The first-order valence-corrected chi connectivity index (χ1v) is 6.71. The molecule has 1 aromatic carbocycles. The van der Waals surface area contributed by atoms with E-state index in [0.717, 1.165) is 13.0 Å². The summed E-state index contributed by atoms with van der Waals surface area (Å²) in [5, 5.41) is 16.9. The molecular weight excluding hydrogens is 275 g/mol. The maximum absolute atomic E-state index is 13.9. The molecule has 0 aliphatic carbocycles. The zero-order valence-corrected chi connectivity index (χ0v) is 11.5. The molecule has 0 spiro atoms. The molecule has 1 aromatic heterocycles. The number of amides is 1. The fourth-order valence-electron chi connectivity index (χ4n) is 2.33. The fourth-order valence-corrected chi connectivity index (χ4v) is 2.33. The molecule has 1 unspecified atom stereocenters. The Morgan fingerprint density at radius 1 is 1.52 bits per heavy atom. The number of halogens is 1. The number of aryl methyl sites for hydroxylation is 1. The van der Waals surface area contributed by atoms with Gasteiger partial charge in [0.2, 0.25) is 5.91 Å². The van der Waals surface area contributed by atoms with Crippen molar-refractivity contribution in [2.24, 2.45) is 5.92 Å². The van der Waals surface area contributed by atoms with Gasteiger partial charge >= 0.3 is 0 Å². The van der Waals surface area contributed by atoms with Gasteiger partial charge in [0, 0.05) is 12.2 Å². The Bertz CT molecular complexity index is 664. The van der Waals surface area contributed by atoms with Crippen LogP contribution in [-0.4, -0.2) is 39.2 Å². The van der Waals surface area contributed by atoms with Gasteiger partial charge in [0.1, 0.15) is 11.5 Å². The quantitative estimate of drug-likeness (QED) is 0.867. The average Bonchev–Trinajstić information content (AvgIpc) is 3.12. The van der Waals surface area contributed by atoms with Gasteiger partial charge in [0.15, 0.2) is 5.82 Å². The molecule has 1 aliphatic heterocycles. The van der Waals surface area contributed by atoms with Crippen LogP contribution in [0.15, 0.2) is 18.2 Å². The molecule has 8 heteroatoms. The van der Waals surface area contributed by atoms with Crippen LogP contribution < -0.4 is 10.6 Å². The number of aromatic nitrogens is 4. The number of tetrazole rings is 1. The van der Waals surface area contributed by atoms with Crippen LogP contribution in [0.25, 0.3) is 5.69 Å². The van der Waals surface area contributed by atoms with Gasteiger partial charge < -0.3 is 10.6 Å². The molecule has 1 saturated heterocycles. The summed E-state index contributed by atoms with van der Waals surface area (Å²) in [6.07, 6.45) is 0.811. The van der Waals surface area contributed by atoms with Gasteiger partial charge in [0.05, 0.1) is 5.92 Å². The van der Waals surface area contributed by atoms with Crippen LogP contribution in [-0.2, 0) is 4.79 Å². The smallest absolute Gasteiger partial charge is 0.228 e. The normalized spacial score (nSPS) is 17.9. The standard InChI is InChI=1S/C13H15FN6O/c1-8-17-18-19-20(8)12-6-10(2-3-11(12)14)16-13(21)9-4-5-15-7-9/h2-3,6,9,15H,4-5,7H2,1H3,(H,16,21). The Labute approximate surface area is 120 Å². The number of carbonyl (C=O) groups is 1. The van der Waals surface area contributed by atoms with Crippen molar-refractivity contribution < 1.29 is 9.18 Å². The van der Waals surface area contributed by atoms with Crippen LogP contribution in [0.5, 0.6) is 0 Å². The summed E-state index contributed by atoms with van der Waals surface area (Å²) in [6, 6.07) is 4.34. The molecule has 21 heavy (non-hydrogen) atoms. The number of anilines is 1. The van der Waals surface area contributed by atoms with E-state index in [1.165, 1.54) is 22.9 Å². The van der Waals surface area contributed by atoms with Crippen LogP contribution in [0.1, 0.15) is 12.2 Å². The highest BCUT2D eigenvalue weighted by Crippen LogP contribution is 2.20. The van der Waals surface area contributed by atoms with Gasteiger partial charge in [-0.2, -0.15) is 4.68 Å². The average molecular weight is 290 g/mol. The number of hydrogen-bond acceptors (Lipinski definition) is 5. The van der Waals surface area contributed by atoms with Crippen LogP contribution >= 0.6 is 0 Å². The number of carbonyl (C=O) groups excluding carboxylic acids is 1. The molecule has 7 nitrogen and oxygen atoms in total. The van der Waals surface area contributed by atoms with Crippen molar-refractivity contribution in [3.05, 3.63) is 29.8 Å². The minimum atomic E-state index is -0.453. The summed E-state index contributed by atoms with van der Waals surface area (Å²) < 4.78 is 15.2. The van der Waals surface area contributed by atoms with Gasteiger partial charge in [-0.1, -0.05) is 0 Å². The maximum atomic E-state index is 13.9. The van der Waals surface area contributed by atoms with E-state index in [9.17, 15) is 9.18 Å². The second-order valence-electron chi connectivity index (χ2n) is 4.98. The summed E-state index contributed by atoms with van der Waals surface area (Å²) in [5.41, 5.74) is 0.734. The molecule has 0 saturated carbocycles. The Morgan fingerprint density at radius 3 is 3.05 bits per heavy atom. The van der Waals surface area contributed by atoms with E-state index in [2.05, 4.69) is 26.2 Å². The second kappa shape index (κ2) is 5.57. The molecule has 3 rings (SSSR count). The minimum Gasteiger partial charge on any atom is -0.326 e. The summed E-state index contributed by atoms with van der Waals surface area (Å²) in [7, 11) is 0. The van der Waals surface area contributed by atoms with E-state index >= 15 is 0 Å². The van der Waals surface area contributed by atoms with Gasteiger partial charge in [-0.05, 0) is 48.5 Å². The highest BCUT2D eigenvalue weighted by atomic mass is 19.1. The molecule has 2 N–H and O–H groups in total. The SMILES string of the molecule is Cc1nnnn1-c1cc(NC(=O)C2CCNC2)ccc1F. The Kier molecular flexibility index (Phi) is 3.61. The molecule has 2 aromatic rings. The summed E-state index contributed by atoms with van der Waals surface area (Å²) in [6.45, 7) is 3.19. The maximum Gasteiger partial charge on any atom is 0.228 e. The monoisotopic (exact) mass is 290 g/mol. The third kappa shape index (κ3) is 2.75. The first-order chi connectivity index (χ1) is 10.1. The van der Waals surface area contributed by atoms with Crippen molar-refractivity contribution in [2.75, 3.05) is 18.4 Å². The Hall–Kier alpha value is -2.35. The molecule has 2 heterocycles. The van der Waals surface area contributed by atoms with Crippen molar-refractivity contribution in [2.45, 2.75) is 13.3 Å². The molecule has 1 aliphatic rings. The van der Waals surface area contributed by atoms with E-state index in [1.54, 1.807) is 6.92 Å². The summed E-state index contributed by atoms with van der Waals surface area (Å²) >= 11 is 0. The third-order valence-electron chi connectivity index (χ3n) is 3.50. The zero-order valence-electron chi connectivity index (χ0n) is 11.5. The zero-order chi connectivity index (χ0) is 14.8. The Morgan fingerprint density at radius 2 is 2.38 bits per heavy atom. The molecule has 1 amide bonds. The van der Waals surface area contributed by atoms with Crippen molar-refractivity contribution in [3.8, 4) is 5.69 Å². The van der Waals surface area contributed by atoms with Crippen molar-refractivity contribution >= 4 is 11.6 Å². The van der Waals surface area contributed by atoms with Gasteiger partial charge in [-0.3, -0.25) is 4.79 Å². The van der Waals surface area contributed by atoms with E-state index in [-0.39, 0.29) is 17.5 Å². The number of rotatable bonds is 3. The lowest BCUT2D eigenvalue weighted by atomic mass is 10.1. The van der Waals surface area contributed by atoms with Crippen LogP contribution in [0.4, 0.5) is 10.1 Å². The lowest BCUT2D eigenvalue weighted by molar-refractivity contribution is -0.119. The lowest BCUT2D eigenvalue weighted by Gasteiger charge is -2.11. The van der Waals surface area contributed by atoms with Crippen molar-refractivity contribution in [3.63, 3.8) is 0 Å². The van der Waals surface area contributed by atoms with Gasteiger partial charge in [-0.15, -0.1) is 5.10 Å². The molecule has 0 radical (unpaired) electrons. The molecule has 1 atom stereocenters.